The van der Waals surface area contributed by atoms with Crippen LogP contribution in [0.2, 0.25) is 0 Å². The van der Waals surface area contributed by atoms with E-state index in [1.807, 2.05) is 0 Å². The second-order valence-electron chi connectivity index (χ2n) is 4.58. The number of hydrogen-bond acceptors (Lipinski definition) is 3. The molecule has 0 aromatic rings. The van der Waals surface area contributed by atoms with Gasteiger partial charge in [0.1, 0.15) is 9.84 Å². The summed E-state index contributed by atoms with van der Waals surface area (Å²) < 4.78 is 22.5. The third-order valence-electron chi connectivity index (χ3n) is 3.65. The van der Waals surface area contributed by atoms with Gasteiger partial charge in [0.25, 0.3) is 0 Å². The Morgan fingerprint density at radius 3 is 1.93 bits per heavy atom. The van der Waals surface area contributed by atoms with E-state index in [0.29, 0.717) is 17.4 Å². The fraction of sp³-hybridized carbons (Fsp3) is 1.00. The molecule has 0 bridgehead atoms. The summed E-state index contributed by atoms with van der Waals surface area (Å²) in [5, 5.41) is 3.35. The molecule has 0 saturated carbocycles. The van der Waals surface area contributed by atoms with Gasteiger partial charge in [-0.25, -0.2) is 8.42 Å². The molecule has 2 heterocycles. The summed E-state index contributed by atoms with van der Waals surface area (Å²) >= 11 is 0. The lowest BCUT2D eigenvalue weighted by Gasteiger charge is -2.33. The number of sulfone groups is 1. The van der Waals surface area contributed by atoms with E-state index in [-0.39, 0.29) is 0 Å². The smallest absolute Gasteiger partial charge is 0.150 e. The van der Waals surface area contributed by atoms with Gasteiger partial charge in [0, 0.05) is 0 Å². The quantitative estimate of drug-likeness (QED) is 0.707. The van der Waals surface area contributed by atoms with Gasteiger partial charge in [0.05, 0.1) is 11.5 Å². The topological polar surface area (TPSA) is 46.2 Å². The molecule has 4 heteroatoms. The summed E-state index contributed by atoms with van der Waals surface area (Å²) in [7, 11) is -2.67. The number of hydrogen-bond donors (Lipinski definition) is 1. The molecule has 2 aliphatic heterocycles. The van der Waals surface area contributed by atoms with Crippen LogP contribution in [0.1, 0.15) is 25.7 Å². The second kappa shape index (κ2) is 4.19. The van der Waals surface area contributed by atoms with E-state index in [9.17, 15) is 8.42 Å². The van der Waals surface area contributed by atoms with Crippen molar-refractivity contribution in [3.63, 3.8) is 0 Å². The summed E-state index contributed by atoms with van der Waals surface area (Å²) in [5.41, 5.74) is 0. The molecule has 14 heavy (non-hydrogen) atoms. The van der Waals surface area contributed by atoms with Gasteiger partial charge in [-0.1, -0.05) is 0 Å². The normalized spacial score (nSPS) is 30.3. The Bertz CT molecular complexity index is 266. The fourth-order valence-corrected chi connectivity index (χ4v) is 4.22. The van der Waals surface area contributed by atoms with Crippen LogP contribution in [0.15, 0.2) is 0 Å². The Morgan fingerprint density at radius 2 is 1.36 bits per heavy atom. The zero-order valence-electron chi connectivity index (χ0n) is 8.54. The maximum Gasteiger partial charge on any atom is 0.150 e. The molecule has 2 fully saturated rings. The second-order valence-corrected chi connectivity index (χ2v) is 6.88. The predicted molar refractivity (Wildman–Crippen MR) is 57.0 cm³/mol. The van der Waals surface area contributed by atoms with E-state index in [2.05, 4.69) is 5.32 Å². The highest BCUT2D eigenvalue weighted by Crippen LogP contribution is 2.31. The Morgan fingerprint density at radius 1 is 0.857 bits per heavy atom. The Kier molecular flexibility index (Phi) is 3.12. The first kappa shape index (κ1) is 10.4. The van der Waals surface area contributed by atoms with Crippen molar-refractivity contribution in [2.75, 3.05) is 24.6 Å². The van der Waals surface area contributed by atoms with Gasteiger partial charge in [0.2, 0.25) is 0 Å². The maximum atomic E-state index is 11.3. The molecule has 82 valence electrons. The van der Waals surface area contributed by atoms with Gasteiger partial charge in [0.15, 0.2) is 0 Å². The molecule has 2 aliphatic rings. The SMILES string of the molecule is O=S1(=O)CCC(C2CCNCC2)CC1. The van der Waals surface area contributed by atoms with E-state index >= 15 is 0 Å². The predicted octanol–water partition coefficient (Wildman–Crippen LogP) is 0.811. The molecule has 0 aromatic heterocycles. The van der Waals surface area contributed by atoms with E-state index in [1.54, 1.807) is 0 Å². The third-order valence-corrected chi connectivity index (χ3v) is 5.37. The average Bonchev–Trinajstić information content (AvgIpc) is 2.19. The van der Waals surface area contributed by atoms with E-state index in [4.69, 9.17) is 0 Å². The number of piperidine rings is 1. The molecular formula is C10H19NO2S. The zero-order valence-corrected chi connectivity index (χ0v) is 9.35. The highest BCUT2D eigenvalue weighted by molar-refractivity contribution is 7.91. The lowest BCUT2D eigenvalue weighted by Crippen LogP contribution is -2.35. The lowest BCUT2D eigenvalue weighted by molar-refractivity contribution is 0.243. The Balaban J connectivity index is 1.88. The van der Waals surface area contributed by atoms with Gasteiger partial charge >= 0.3 is 0 Å². The van der Waals surface area contributed by atoms with Crippen molar-refractivity contribution in [2.45, 2.75) is 25.7 Å². The molecule has 0 radical (unpaired) electrons. The van der Waals surface area contributed by atoms with E-state index in [0.717, 1.165) is 31.8 Å². The Hall–Kier alpha value is -0.0900. The van der Waals surface area contributed by atoms with Crippen LogP contribution in [0.5, 0.6) is 0 Å². The molecule has 0 atom stereocenters. The van der Waals surface area contributed by atoms with Gasteiger partial charge in [-0.05, 0) is 50.6 Å². The van der Waals surface area contributed by atoms with Gasteiger partial charge in [-0.3, -0.25) is 0 Å². The highest BCUT2D eigenvalue weighted by atomic mass is 32.2. The largest absolute Gasteiger partial charge is 0.317 e. The molecule has 0 unspecified atom stereocenters. The number of nitrogens with one attached hydrogen (secondary N) is 1. The van der Waals surface area contributed by atoms with Crippen LogP contribution >= 0.6 is 0 Å². The minimum atomic E-state index is -2.67. The van der Waals surface area contributed by atoms with Crippen molar-refractivity contribution in [3.05, 3.63) is 0 Å². The molecule has 0 amide bonds. The van der Waals surface area contributed by atoms with Crippen LogP contribution in [-0.4, -0.2) is 33.0 Å². The van der Waals surface area contributed by atoms with Crippen LogP contribution in [0.3, 0.4) is 0 Å². The third kappa shape index (κ3) is 2.48. The van der Waals surface area contributed by atoms with Crippen molar-refractivity contribution >= 4 is 9.84 Å². The van der Waals surface area contributed by atoms with E-state index in [1.165, 1.54) is 12.8 Å². The van der Waals surface area contributed by atoms with Gasteiger partial charge in [-0.15, -0.1) is 0 Å². The summed E-state index contributed by atoms with van der Waals surface area (Å²) in [6, 6.07) is 0. The molecule has 2 rings (SSSR count). The van der Waals surface area contributed by atoms with Crippen molar-refractivity contribution in [1.82, 2.24) is 5.32 Å². The van der Waals surface area contributed by atoms with Crippen molar-refractivity contribution in [2.24, 2.45) is 11.8 Å². The van der Waals surface area contributed by atoms with Crippen LogP contribution < -0.4 is 5.32 Å². The van der Waals surface area contributed by atoms with Crippen molar-refractivity contribution < 1.29 is 8.42 Å². The fourth-order valence-electron chi connectivity index (χ4n) is 2.70. The van der Waals surface area contributed by atoms with Crippen LogP contribution in [-0.2, 0) is 9.84 Å². The van der Waals surface area contributed by atoms with Crippen LogP contribution in [0.25, 0.3) is 0 Å². The Labute approximate surface area is 86.2 Å². The standard InChI is InChI=1S/C10H19NO2S/c12-14(13)7-3-10(4-8-14)9-1-5-11-6-2-9/h9-11H,1-8H2. The first-order valence-electron chi connectivity index (χ1n) is 5.58. The van der Waals surface area contributed by atoms with E-state index < -0.39 is 9.84 Å². The van der Waals surface area contributed by atoms with Gasteiger partial charge < -0.3 is 5.32 Å². The zero-order chi connectivity index (χ0) is 10.0. The maximum absolute atomic E-state index is 11.3. The minimum Gasteiger partial charge on any atom is -0.317 e. The minimum absolute atomic E-state index is 0.432. The van der Waals surface area contributed by atoms with Gasteiger partial charge in [-0.2, -0.15) is 0 Å². The highest BCUT2D eigenvalue weighted by Gasteiger charge is 2.29. The molecule has 0 aliphatic carbocycles. The van der Waals surface area contributed by atoms with Crippen LogP contribution in [0.4, 0.5) is 0 Å². The van der Waals surface area contributed by atoms with Crippen molar-refractivity contribution in [3.8, 4) is 0 Å². The molecule has 0 aromatic carbocycles. The average molecular weight is 217 g/mol. The molecule has 1 N–H and O–H groups in total. The summed E-state index contributed by atoms with van der Waals surface area (Å²) in [6.07, 6.45) is 4.30. The molecule has 2 saturated heterocycles. The number of rotatable bonds is 1. The molecular weight excluding hydrogens is 198 g/mol. The summed E-state index contributed by atoms with van der Waals surface area (Å²) in [4.78, 5) is 0. The first-order chi connectivity index (χ1) is 6.67. The summed E-state index contributed by atoms with van der Waals surface area (Å²) in [5.74, 6) is 2.33. The summed E-state index contributed by atoms with van der Waals surface area (Å²) in [6.45, 7) is 2.24. The van der Waals surface area contributed by atoms with Crippen molar-refractivity contribution in [1.29, 1.82) is 0 Å². The molecule has 3 nitrogen and oxygen atoms in total. The monoisotopic (exact) mass is 217 g/mol. The van der Waals surface area contributed by atoms with Crippen LogP contribution in [0, 0.1) is 11.8 Å². The lowest BCUT2D eigenvalue weighted by atomic mass is 9.81. The molecule has 0 spiro atoms. The first-order valence-corrected chi connectivity index (χ1v) is 7.41.